The zero-order valence-corrected chi connectivity index (χ0v) is 22.1. The molecule has 194 valence electrons. The Balaban J connectivity index is 1.19. The zero-order chi connectivity index (χ0) is 26.2. The van der Waals surface area contributed by atoms with Gasteiger partial charge in [0.2, 0.25) is 5.91 Å². The number of nitrogens with one attached hydrogen (secondary N) is 3. The Morgan fingerprint density at radius 3 is 2.74 bits per heavy atom. The second kappa shape index (κ2) is 10.1. The molecule has 0 bridgehead atoms. The van der Waals surface area contributed by atoms with Gasteiger partial charge in [0, 0.05) is 40.7 Å². The van der Waals surface area contributed by atoms with E-state index in [2.05, 4.69) is 53.0 Å². The molecule has 6 aromatic heterocycles. The first kappa shape index (κ1) is 23.7. The van der Waals surface area contributed by atoms with Crippen molar-refractivity contribution >= 4 is 44.7 Å². The minimum Gasteiger partial charge on any atom is -0.353 e. The van der Waals surface area contributed by atoms with Gasteiger partial charge in [-0.1, -0.05) is 25.3 Å². The summed E-state index contributed by atoms with van der Waals surface area (Å²) >= 11 is 1.67. The number of amides is 1. The number of carbonyl (C=O) groups is 1. The molecule has 39 heavy (non-hydrogen) atoms. The quantitative estimate of drug-likeness (QED) is 0.210. The number of thiophene rings is 1. The number of aromatic nitrogens is 6. The molecule has 3 N–H and O–H groups in total. The van der Waals surface area contributed by atoms with Crippen LogP contribution in [0.15, 0.2) is 66.6 Å². The van der Waals surface area contributed by atoms with E-state index in [4.69, 9.17) is 0 Å². The van der Waals surface area contributed by atoms with E-state index in [1.54, 1.807) is 29.9 Å². The van der Waals surface area contributed by atoms with Crippen LogP contribution in [0.4, 0.5) is 5.69 Å². The van der Waals surface area contributed by atoms with Crippen LogP contribution in [-0.2, 0) is 4.79 Å². The Bertz CT molecular complexity index is 1780. The van der Waals surface area contributed by atoms with Crippen molar-refractivity contribution in [2.24, 2.45) is 5.92 Å². The summed E-state index contributed by atoms with van der Waals surface area (Å²) in [5, 5.41) is 14.8. The first-order valence-corrected chi connectivity index (χ1v) is 14.2. The van der Waals surface area contributed by atoms with Crippen LogP contribution in [-0.4, -0.2) is 36.0 Å². The number of rotatable bonds is 6. The third kappa shape index (κ3) is 4.70. The van der Waals surface area contributed by atoms with Crippen molar-refractivity contribution in [1.82, 2.24) is 30.1 Å². The summed E-state index contributed by atoms with van der Waals surface area (Å²) in [4.78, 5) is 31.0. The van der Waals surface area contributed by atoms with Crippen molar-refractivity contribution in [1.29, 1.82) is 0 Å². The minimum absolute atomic E-state index is 0.0524. The molecule has 1 saturated carbocycles. The highest BCUT2D eigenvalue weighted by Crippen LogP contribution is 2.35. The van der Waals surface area contributed by atoms with Crippen LogP contribution in [0.2, 0.25) is 0 Å². The highest BCUT2D eigenvalue weighted by Gasteiger charge is 2.18. The van der Waals surface area contributed by atoms with E-state index in [0.29, 0.717) is 18.0 Å². The molecule has 0 atom stereocenters. The van der Waals surface area contributed by atoms with Crippen LogP contribution in [0.25, 0.3) is 55.0 Å². The van der Waals surface area contributed by atoms with Crippen molar-refractivity contribution < 1.29 is 4.79 Å². The van der Waals surface area contributed by atoms with E-state index in [-0.39, 0.29) is 5.91 Å². The molecule has 0 saturated heterocycles. The van der Waals surface area contributed by atoms with Gasteiger partial charge >= 0.3 is 0 Å². The fourth-order valence-electron chi connectivity index (χ4n) is 5.58. The first-order chi connectivity index (χ1) is 19.2. The van der Waals surface area contributed by atoms with Crippen molar-refractivity contribution in [2.75, 3.05) is 5.32 Å². The van der Waals surface area contributed by atoms with Gasteiger partial charge in [-0.2, -0.15) is 5.10 Å². The number of fused-ring (bicyclic) bond motifs is 2. The standard InChI is InChI=1S/C30H27N7OS/c38-28(11-18-5-2-1-3-6-18)34-20-12-19(15-31-16-20)24-13-22-26(17-33-24)36-37-29(22)25-14-21-23(35-25)8-9-32-30(21)27-7-4-10-39-27/h4,7-10,12-18,35H,1-3,5-6,11H2,(H,34,38)(H,36,37). The van der Waals surface area contributed by atoms with Crippen molar-refractivity contribution in [3.05, 3.63) is 66.6 Å². The first-order valence-electron chi connectivity index (χ1n) is 13.3. The van der Waals surface area contributed by atoms with E-state index in [9.17, 15) is 4.79 Å². The Kier molecular flexibility index (Phi) is 6.13. The number of H-pyrrole nitrogens is 2. The summed E-state index contributed by atoms with van der Waals surface area (Å²) < 4.78 is 0. The number of hydrogen-bond donors (Lipinski definition) is 3. The highest BCUT2D eigenvalue weighted by atomic mass is 32.1. The Labute approximate surface area is 228 Å². The van der Waals surface area contributed by atoms with Gasteiger partial charge in [-0.25, -0.2) is 0 Å². The average molecular weight is 534 g/mol. The normalized spacial score (nSPS) is 14.3. The van der Waals surface area contributed by atoms with Gasteiger partial charge in [0.15, 0.2) is 0 Å². The summed E-state index contributed by atoms with van der Waals surface area (Å²) in [5.74, 6) is 0.539. The van der Waals surface area contributed by atoms with Gasteiger partial charge < -0.3 is 10.3 Å². The summed E-state index contributed by atoms with van der Waals surface area (Å²) in [7, 11) is 0. The van der Waals surface area contributed by atoms with Crippen molar-refractivity contribution in [2.45, 2.75) is 38.5 Å². The predicted octanol–water partition coefficient (Wildman–Crippen LogP) is 7.20. The van der Waals surface area contributed by atoms with Gasteiger partial charge in [-0.05, 0) is 54.5 Å². The van der Waals surface area contributed by atoms with Crippen LogP contribution >= 0.6 is 11.3 Å². The number of nitrogens with zero attached hydrogens (tertiary/aromatic N) is 4. The molecular weight excluding hydrogens is 506 g/mol. The lowest BCUT2D eigenvalue weighted by molar-refractivity contribution is -0.117. The summed E-state index contributed by atoms with van der Waals surface area (Å²) in [6, 6.07) is 12.2. The maximum atomic E-state index is 12.7. The number of pyridine rings is 3. The van der Waals surface area contributed by atoms with Gasteiger partial charge in [-0.3, -0.25) is 24.8 Å². The summed E-state index contributed by atoms with van der Waals surface area (Å²) in [5.41, 5.74) is 6.81. The lowest BCUT2D eigenvalue weighted by Crippen LogP contribution is -2.18. The maximum Gasteiger partial charge on any atom is 0.224 e. The second-order valence-corrected chi connectivity index (χ2v) is 11.1. The number of carbonyl (C=O) groups excluding carboxylic acids is 1. The molecule has 6 heterocycles. The number of aromatic amines is 2. The summed E-state index contributed by atoms with van der Waals surface area (Å²) in [6.45, 7) is 0. The summed E-state index contributed by atoms with van der Waals surface area (Å²) in [6.07, 6.45) is 13.7. The van der Waals surface area contributed by atoms with E-state index in [0.717, 1.165) is 67.9 Å². The van der Waals surface area contributed by atoms with Crippen LogP contribution in [0.1, 0.15) is 38.5 Å². The molecule has 9 heteroatoms. The van der Waals surface area contributed by atoms with Gasteiger partial charge in [0.25, 0.3) is 0 Å². The third-order valence-corrected chi connectivity index (χ3v) is 8.40. The van der Waals surface area contributed by atoms with Gasteiger partial charge in [-0.15, -0.1) is 11.3 Å². The van der Waals surface area contributed by atoms with Crippen LogP contribution < -0.4 is 5.32 Å². The SMILES string of the molecule is O=C(CC1CCCCC1)Nc1cncc(-c2cc3c(-c4cc5c(-c6cccs6)nccc5[nH]4)n[nH]c3cn2)c1. The van der Waals surface area contributed by atoms with E-state index < -0.39 is 0 Å². The largest absolute Gasteiger partial charge is 0.353 e. The highest BCUT2D eigenvalue weighted by molar-refractivity contribution is 7.13. The fraction of sp³-hybridized carbons (Fsp3) is 0.233. The fourth-order valence-corrected chi connectivity index (χ4v) is 6.32. The molecule has 0 aromatic carbocycles. The monoisotopic (exact) mass is 533 g/mol. The molecule has 1 aliphatic carbocycles. The minimum atomic E-state index is 0.0524. The zero-order valence-electron chi connectivity index (χ0n) is 21.3. The molecule has 0 aliphatic heterocycles. The van der Waals surface area contributed by atoms with E-state index in [1.807, 2.05) is 30.5 Å². The third-order valence-electron chi connectivity index (χ3n) is 7.52. The van der Waals surface area contributed by atoms with Crippen molar-refractivity contribution in [3.8, 4) is 33.2 Å². The molecule has 1 aliphatic rings. The predicted molar refractivity (Wildman–Crippen MR) is 155 cm³/mol. The molecule has 7 rings (SSSR count). The topological polar surface area (TPSA) is 112 Å². The molecule has 6 aromatic rings. The number of anilines is 1. The van der Waals surface area contributed by atoms with Crippen LogP contribution in [0.3, 0.4) is 0 Å². The van der Waals surface area contributed by atoms with Crippen LogP contribution in [0, 0.1) is 5.92 Å². The Morgan fingerprint density at radius 1 is 0.974 bits per heavy atom. The lowest BCUT2D eigenvalue weighted by atomic mass is 9.87. The maximum absolute atomic E-state index is 12.7. The Hall–Kier alpha value is -4.37. The van der Waals surface area contributed by atoms with E-state index in [1.165, 1.54) is 19.3 Å². The molecule has 0 unspecified atom stereocenters. The molecule has 1 fully saturated rings. The van der Waals surface area contributed by atoms with Gasteiger partial charge in [0.05, 0.1) is 45.6 Å². The molecule has 1 amide bonds. The molecular formula is C30H27N7OS. The molecule has 0 radical (unpaired) electrons. The van der Waals surface area contributed by atoms with Crippen molar-refractivity contribution in [3.63, 3.8) is 0 Å². The Morgan fingerprint density at radius 2 is 1.87 bits per heavy atom. The number of hydrogen-bond acceptors (Lipinski definition) is 6. The molecule has 8 nitrogen and oxygen atoms in total. The second-order valence-electron chi connectivity index (χ2n) is 10.2. The van der Waals surface area contributed by atoms with E-state index >= 15 is 0 Å². The average Bonchev–Trinajstić information content (AvgIpc) is 3.73. The van der Waals surface area contributed by atoms with Gasteiger partial charge in [0.1, 0.15) is 5.69 Å². The smallest absolute Gasteiger partial charge is 0.224 e. The molecule has 0 spiro atoms. The lowest BCUT2D eigenvalue weighted by Gasteiger charge is -2.20. The van der Waals surface area contributed by atoms with Crippen LogP contribution in [0.5, 0.6) is 0 Å².